The number of ether oxygens (including phenoxy) is 1. The molecule has 0 aliphatic rings. The third kappa shape index (κ3) is 4.20. The van der Waals surface area contributed by atoms with E-state index in [9.17, 15) is 0 Å². The standard InChI is InChI=1S/C11H16BrNO2/c12-10-7-9(8-13)3-4-11(10)15-6-2-1-5-14/h3-4,7,14H,1-2,5-6,8,13H2. The predicted octanol–water partition coefficient (Wildman–Crippen LogP) is 2.06. The minimum atomic E-state index is 0.219. The van der Waals surface area contributed by atoms with Gasteiger partial charge < -0.3 is 15.6 Å². The summed E-state index contributed by atoms with van der Waals surface area (Å²) >= 11 is 3.43. The summed E-state index contributed by atoms with van der Waals surface area (Å²) in [5.41, 5.74) is 6.59. The normalized spacial score (nSPS) is 10.3. The molecule has 0 bridgehead atoms. The smallest absolute Gasteiger partial charge is 0.133 e. The van der Waals surface area contributed by atoms with Crippen molar-refractivity contribution < 1.29 is 9.84 Å². The molecule has 0 radical (unpaired) electrons. The van der Waals surface area contributed by atoms with Crippen LogP contribution < -0.4 is 10.5 Å². The monoisotopic (exact) mass is 273 g/mol. The topological polar surface area (TPSA) is 55.5 Å². The fourth-order valence-electron chi connectivity index (χ4n) is 1.18. The van der Waals surface area contributed by atoms with E-state index in [-0.39, 0.29) is 6.61 Å². The average molecular weight is 274 g/mol. The minimum absolute atomic E-state index is 0.219. The van der Waals surface area contributed by atoms with Gasteiger partial charge in [-0.25, -0.2) is 0 Å². The number of unbranched alkanes of at least 4 members (excludes halogenated alkanes) is 1. The Morgan fingerprint density at radius 3 is 2.73 bits per heavy atom. The third-order valence-electron chi connectivity index (χ3n) is 2.04. The Morgan fingerprint density at radius 2 is 2.13 bits per heavy atom. The number of hydrogen-bond donors (Lipinski definition) is 2. The van der Waals surface area contributed by atoms with Gasteiger partial charge in [0.2, 0.25) is 0 Å². The molecule has 0 saturated carbocycles. The number of nitrogens with two attached hydrogens (primary N) is 1. The van der Waals surface area contributed by atoms with Gasteiger partial charge in [0, 0.05) is 13.2 Å². The maximum atomic E-state index is 8.61. The van der Waals surface area contributed by atoms with Crippen LogP contribution >= 0.6 is 15.9 Å². The number of hydrogen-bond acceptors (Lipinski definition) is 3. The van der Waals surface area contributed by atoms with Crippen LogP contribution in [0.1, 0.15) is 18.4 Å². The van der Waals surface area contributed by atoms with Gasteiger partial charge in [0.25, 0.3) is 0 Å². The lowest BCUT2D eigenvalue weighted by molar-refractivity contribution is 0.252. The zero-order valence-electron chi connectivity index (χ0n) is 8.58. The molecule has 1 aromatic carbocycles. The summed E-state index contributed by atoms with van der Waals surface area (Å²) in [6.45, 7) is 1.38. The molecular weight excluding hydrogens is 258 g/mol. The summed E-state index contributed by atoms with van der Waals surface area (Å²) in [5.74, 6) is 0.824. The number of aliphatic hydroxyl groups excluding tert-OH is 1. The van der Waals surface area contributed by atoms with Crippen LogP contribution in [0.15, 0.2) is 22.7 Å². The second kappa shape index (κ2) is 6.82. The van der Waals surface area contributed by atoms with Gasteiger partial charge in [-0.15, -0.1) is 0 Å². The number of aliphatic hydroxyl groups is 1. The zero-order chi connectivity index (χ0) is 11.1. The van der Waals surface area contributed by atoms with Crippen LogP contribution in [0.5, 0.6) is 5.75 Å². The Labute approximate surface area is 98.4 Å². The predicted molar refractivity (Wildman–Crippen MR) is 63.8 cm³/mol. The van der Waals surface area contributed by atoms with Crippen molar-refractivity contribution in [3.05, 3.63) is 28.2 Å². The fourth-order valence-corrected chi connectivity index (χ4v) is 1.73. The van der Waals surface area contributed by atoms with Crippen molar-refractivity contribution in [3.63, 3.8) is 0 Å². The second-order valence-corrected chi connectivity index (χ2v) is 4.10. The first-order valence-corrected chi connectivity index (χ1v) is 5.79. The molecule has 0 amide bonds. The van der Waals surface area contributed by atoms with Crippen LogP contribution in [0.4, 0.5) is 0 Å². The van der Waals surface area contributed by atoms with Crippen molar-refractivity contribution in [2.45, 2.75) is 19.4 Å². The summed E-state index contributed by atoms with van der Waals surface area (Å²) in [6.07, 6.45) is 1.64. The van der Waals surface area contributed by atoms with E-state index in [0.29, 0.717) is 13.2 Å². The molecule has 0 heterocycles. The lowest BCUT2D eigenvalue weighted by atomic mass is 10.2. The van der Waals surface area contributed by atoms with E-state index in [1.54, 1.807) is 0 Å². The fraction of sp³-hybridized carbons (Fsp3) is 0.455. The van der Waals surface area contributed by atoms with Gasteiger partial charge in [0.05, 0.1) is 11.1 Å². The Morgan fingerprint density at radius 1 is 1.33 bits per heavy atom. The molecule has 0 aromatic heterocycles. The van der Waals surface area contributed by atoms with Crippen molar-refractivity contribution in [2.24, 2.45) is 5.73 Å². The lowest BCUT2D eigenvalue weighted by Crippen LogP contribution is -2.00. The largest absolute Gasteiger partial charge is 0.492 e. The second-order valence-electron chi connectivity index (χ2n) is 3.25. The molecule has 3 N–H and O–H groups in total. The summed E-state index contributed by atoms with van der Waals surface area (Å²) in [7, 11) is 0. The molecule has 4 heteroatoms. The quantitative estimate of drug-likeness (QED) is 0.781. The van der Waals surface area contributed by atoms with Gasteiger partial charge in [-0.2, -0.15) is 0 Å². The number of halogens is 1. The minimum Gasteiger partial charge on any atom is -0.492 e. The molecule has 84 valence electrons. The first-order chi connectivity index (χ1) is 7.27. The van der Waals surface area contributed by atoms with E-state index < -0.39 is 0 Å². The SMILES string of the molecule is NCc1ccc(OCCCCO)c(Br)c1. The van der Waals surface area contributed by atoms with Crippen LogP contribution in [0.2, 0.25) is 0 Å². The molecule has 15 heavy (non-hydrogen) atoms. The van der Waals surface area contributed by atoms with Crippen molar-refractivity contribution >= 4 is 15.9 Å². The summed E-state index contributed by atoms with van der Waals surface area (Å²) in [6, 6.07) is 5.82. The maximum absolute atomic E-state index is 8.61. The molecular formula is C11H16BrNO2. The Kier molecular flexibility index (Phi) is 5.68. The van der Waals surface area contributed by atoms with Crippen LogP contribution in [0, 0.1) is 0 Å². The first-order valence-electron chi connectivity index (χ1n) is 5.00. The lowest BCUT2D eigenvalue weighted by Gasteiger charge is -2.08. The third-order valence-corrected chi connectivity index (χ3v) is 2.66. The summed E-state index contributed by atoms with van der Waals surface area (Å²) in [5, 5.41) is 8.61. The molecule has 0 spiro atoms. The van der Waals surface area contributed by atoms with E-state index in [0.717, 1.165) is 28.6 Å². The molecule has 1 aromatic rings. The van der Waals surface area contributed by atoms with E-state index in [1.165, 1.54) is 0 Å². The maximum Gasteiger partial charge on any atom is 0.133 e. The molecule has 0 aliphatic carbocycles. The first kappa shape index (κ1) is 12.5. The molecule has 0 fully saturated rings. The highest BCUT2D eigenvalue weighted by Crippen LogP contribution is 2.25. The molecule has 0 aliphatic heterocycles. The Bertz CT molecular complexity index is 305. The Hall–Kier alpha value is -0.580. The van der Waals surface area contributed by atoms with Crippen LogP contribution in [0.25, 0.3) is 0 Å². The van der Waals surface area contributed by atoms with E-state index in [1.807, 2.05) is 18.2 Å². The highest BCUT2D eigenvalue weighted by Gasteiger charge is 2.01. The molecule has 1 rings (SSSR count). The van der Waals surface area contributed by atoms with Crippen LogP contribution in [-0.4, -0.2) is 18.3 Å². The molecule has 0 saturated heterocycles. The number of rotatable bonds is 6. The highest BCUT2D eigenvalue weighted by atomic mass is 79.9. The van der Waals surface area contributed by atoms with Gasteiger partial charge >= 0.3 is 0 Å². The highest BCUT2D eigenvalue weighted by molar-refractivity contribution is 9.10. The molecule has 3 nitrogen and oxygen atoms in total. The van der Waals surface area contributed by atoms with E-state index in [2.05, 4.69) is 15.9 Å². The summed E-state index contributed by atoms with van der Waals surface area (Å²) < 4.78 is 6.46. The van der Waals surface area contributed by atoms with Crippen molar-refractivity contribution in [1.29, 1.82) is 0 Å². The zero-order valence-corrected chi connectivity index (χ0v) is 10.2. The molecule has 0 atom stereocenters. The van der Waals surface area contributed by atoms with Crippen molar-refractivity contribution in [3.8, 4) is 5.75 Å². The van der Waals surface area contributed by atoms with Crippen molar-refractivity contribution in [2.75, 3.05) is 13.2 Å². The van der Waals surface area contributed by atoms with Gasteiger partial charge in [-0.05, 0) is 46.5 Å². The van der Waals surface area contributed by atoms with Crippen molar-refractivity contribution in [1.82, 2.24) is 0 Å². The average Bonchev–Trinajstić information content (AvgIpc) is 2.26. The van der Waals surface area contributed by atoms with Gasteiger partial charge in [-0.1, -0.05) is 6.07 Å². The van der Waals surface area contributed by atoms with Gasteiger partial charge in [-0.3, -0.25) is 0 Å². The number of benzene rings is 1. The van der Waals surface area contributed by atoms with E-state index in [4.69, 9.17) is 15.6 Å². The molecule has 0 unspecified atom stereocenters. The van der Waals surface area contributed by atoms with Gasteiger partial charge in [0.15, 0.2) is 0 Å². The van der Waals surface area contributed by atoms with Gasteiger partial charge in [0.1, 0.15) is 5.75 Å². The van der Waals surface area contributed by atoms with Crippen LogP contribution in [0.3, 0.4) is 0 Å². The van der Waals surface area contributed by atoms with E-state index >= 15 is 0 Å². The summed E-state index contributed by atoms with van der Waals surface area (Å²) in [4.78, 5) is 0. The Balaban J connectivity index is 2.47. The van der Waals surface area contributed by atoms with Crippen LogP contribution in [-0.2, 0) is 6.54 Å².